The van der Waals surface area contributed by atoms with E-state index in [1.807, 2.05) is 0 Å². The molecule has 2 rings (SSSR count). The van der Waals surface area contributed by atoms with Crippen LogP contribution in [-0.4, -0.2) is 23.1 Å². The Bertz CT molecular complexity index is 747. The molecule has 9 heteroatoms. The number of nitro groups is 1. The number of halogens is 1. The molecule has 23 heavy (non-hydrogen) atoms. The fourth-order valence-electron chi connectivity index (χ4n) is 1.66. The van der Waals surface area contributed by atoms with Crippen LogP contribution in [0.1, 0.15) is 11.8 Å². The molecule has 0 saturated carbocycles. The number of hydrogen-bond acceptors (Lipinski definition) is 6. The summed E-state index contributed by atoms with van der Waals surface area (Å²) in [7, 11) is 0. The highest BCUT2D eigenvalue weighted by Crippen LogP contribution is 2.22. The molecule has 1 aromatic heterocycles. The van der Waals surface area contributed by atoms with Crippen LogP contribution in [0.5, 0.6) is 0 Å². The summed E-state index contributed by atoms with van der Waals surface area (Å²) in [6, 6.07) is 9.44. The number of carbonyl (C=O) groups is 1. The van der Waals surface area contributed by atoms with Gasteiger partial charge >= 0.3 is 5.00 Å². The molecule has 1 aromatic carbocycles. The Kier molecular flexibility index (Phi) is 5.67. The van der Waals surface area contributed by atoms with Gasteiger partial charge in [0.1, 0.15) is 6.04 Å². The number of amides is 1. The van der Waals surface area contributed by atoms with Crippen LogP contribution in [0.3, 0.4) is 0 Å². The van der Waals surface area contributed by atoms with E-state index in [1.165, 1.54) is 12.3 Å². The van der Waals surface area contributed by atoms with Crippen molar-refractivity contribution >= 4 is 45.7 Å². The van der Waals surface area contributed by atoms with E-state index in [-0.39, 0.29) is 10.9 Å². The molecule has 1 atom stereocenters. The molecule has 1 heterocycles. The highest BCUT2D eigenvalue weighted by molar-refractivity contribution is 7.16. The molecule has 0 aliphatic carbocycles. The summed E-state index contributed by atoms with van der Waals surface area (Å²) in [4.78, 5) is 22.6. The van der Waals surface area contributed by atoms with Gasteiger partial charge in [-0.2, -0.15) is 5.10 Å². The number of benzene rings is 1. The maximum absolute atomic E-state index is 11.9. The zero-order valence-electron chi connectivity index (χ0n) is 12.0. The Morgan fingerprint density at radius 2 is 2.22 bits per heavy atom. The number of thiophene rings is 1. The predicted molar refractivity (Wildman–Crippen MR) is 91.2 cm³/mol. The quantitative estimate of drug-likeness (QED) is 0.473. The number of nitrogens with zero attached hydrogens (tertiary/aromatic N) is 2. The third-order valence-corrected chi connectivity index (χ3v) is 3.97. The van der Waals surface area contributed by atoms with Crippen LogP contribution in [0.4, 0.5) is 10.7 Å². The van der Waals surface area contributed by atoms with Crippen molar-refractivity contribution in [1.82, 2.24) is 5.43 Å². The summed E-state index contributed by atoms with van der Waals surface area (Å²) in [5.41, 5.74) is 3.10. The fraction of sp³-hybridized carbons (Fsp3) is 0.143. The highest BCUT2D eigenvalue weighted by atomic mass is 35.5. The molecule has 0 unspecified atom stereocenters. The van der Waals surface area contributed by atoms with Crippen molar-refractivity contribution in [1.29, 1.82) is 0 Å². The van der Waals surface area contributed by atoms with Gasteiger partial charge in [0.05, 0.1) is 16.0 Å². The second kappa shape index (κ2) is 7.70. The first-order valence-electron chi connectivity index (χ1n) is 6.55. The topological polar surface area (TPSA) is 96.6 Å². The normalized spacial score (nSPS) is 12.1. The third-order valence-electron chi connectivity index (χ3n) is 2.76. The van der Waals surface area contributed by atoms with Crippen LogP contribution in [0.2, 0.25) is 5.02 Å². The van der Waals surface area contributed by atoms with E-state index < -0.39 is 11.0 Å². The Balaban J connectivity index is 1.88. The van der Waals surface area contributed by atoms with Crippen LogP contribution in [-0.2, 0) is 4.79 Å². The van der Waals surface area contributed by atoms with E-state index >= 15 is 0 Å². The predicted octanol–water partition coefficient (Wildman–Crippen LogP) is 3.26. The van der Waals surface area contributed by atoms with Gasteiger partial charge in [-0.1, -0.05) is 29.0 Å². The molecule has 120 valence electrons. The first kappa shape index (κ1) is 16.9. The minimum Gasteiger partial charge on any atom is -0.374 e. The molecule has 0 saturated heterocycles. The molecule has 0 spiro atoms. The summed E-state index contributed by atoms with van der Waals surface area (Å²) in [5.74, 6) is -0.340. The van der Waals surface area contributed by atoms with Crippen molar-refractivity contribution in [3.63, 3.8) is 0 Å². The first-order valence-corrected chi connectivity index (χ1v) is 7.74. The molecule has 0 aliphatic heterocycles. The maximum atomic E-state index is 11.9. The lowest BCUT2D eigenvalue weighted by atomic mass is 10.2. The van der Waals surface area contributed by atoms with Crippen LogP contribution in [0.15, 0.2) is 41.5 Å². The average Bonchev–Trinajstić information content (AvgIpc) is 2.96. The molecule has 7 nitrogen and oxygen atoms in total. The first-order chi connectivity index (χ1) is 11.0. The molecule has 2 N–H and O–H groups in total. The van der Waals surface area contributed by atoms with Crippen molar-refractivity contribution in [3.8, 4) is 0 Å². The fourth-order valence-corrected chi connectivity index (χ4v) is 2.54. The Morgan fingerprint density at radius 1 is 1.43 bits per heavy atom. The molecular formula is C14H13ClN4O3S. The van der Waals surface area contributed by atoms with Gasteiger partial charge in [0.2, 0.25) is 0 Å². The Morgan fingerprint density at radius 3 is 2.87 bits per heavy atom. The lowest BCUT2D eigenvalue weighted by molar-refractivity contribution is -0.380. The number of carbonyl (C=O) groups excluding carboxylic acids is 1. The molecule has 0 bridgehead atoms. The van der Waals surface area contributed by atoms with Gasteiger partial charge < -0.3 is 5.32 Å². The van der Waals surface area contributed by atoms with Gasteiger partial charge in [0, 0.05) is 16.8 Å². The summed E-state index contributed by atoms with van der Waals surface area (Å²) in [6.45, 7) is 1.68. The van der Waals surface area contributed by atoms with Gasteiger partial charge in [-0.25, -0.2) is 5.43 Å². The molecule has 2 aromatic rings. The van der Waals surface area contributed by atoms with E-state index in [2.05, 4.69) is 15.8 Å². The van der Waals surface area contributed by atoms with E-state index in [0.717, 1.165) is 17.0 Å². The average molecular weight is 353 g/mol. The number of anilines is 1. The van der Waals surface area contributed by atoms with Crippen molar-refractivity contribution in [2.75, 3.05) is 5.32 Å². The molecule has 0 radical (unpaired) electrons. The largest absolute Gasteiger partial charge is 0.374 e. The van der Waals surface area contributed by atoms with Gasteiger partial charge in [-0.15, -0.1) is 0 Å². The zero-order valence-corrected chi connectivity index (χ0v) is 13.6. The van der Waals surface area contributed by atoms with Crippen molar-refractivity contribution in [2.45, 2.75) is 13.0 Å². The standard InChI is InChI=1S/C14H13ClN4O3S/c1-9(17-11-4-2-3-10(15)7-11)14(20)18-16-8-12-5-6-13(23-12)19(21)22/h2-9,17H,1H3,(H,18,20)/b16-8-/t9-/m1/s1. The maximum Gasteiger partial charge on any atom is 0.324 e. The van der Waals surface area contributed by atoms with Gasteiger partial charge in [0.15, 0.2) is 0 Å². The second-order valence-electron chi connectivity index (χ2n) is 4.54. The zero-order chi connectivity index (χ0) is 16.8. The minimum atomic E-state index is -0.525. The molecule has 0 aliphatic rings. The van der Waals surface area contributed by atoms with Gasteiger partial charge in [0.25, 0.3) is 5.91 Å². The number of nitrogens with one attached hydrogen (secondary N) is 2. The number of hydrazone groups is 1. The summed E-state index contributed by atoms with van der Waals surface area (Å²) in [6.07, 6.45) is 1.36. The Labute approximate surface area is 141 Å². The lowest BCUT2D eigenvalue weighted by Crippen LogP contribution is -2.34. The summed E-state index contributed by atoms with van der Waals surface area (Å²) >= 11 is 6.85. The third kappa shape index (κ3) is 5.04. The van der Waals surface area contributed by atoms with Gasteiger partial charge in [-0.3, -0.25) is 14.9 Å². The number of hydrogen-bond donors (Lipinski definition) is 2. The highest BCUT2D eigenvalue weighted by Gasteiger charge is 2.12. The SMILES string of the molecule is C[C@@H](Nc1cccc(Cl)c1)C(=O)N/N=C\c1ccc([N+](=O)[O-])s1. The number of rotatable bonds is 6. The molecule has 0 fully saturated rings. The van der Waals surface area contributed by atoms with Crippen molar-refractivity contribution in [2.24, 2.45) is 5.10 Å². The molecular weight excluding hydrogens is 340 g/mol. The van der Waals surface area contributed by atoms with Crippen molar-refractivity contribution < 1.29 is 9.72 Å². The van der Waals surface area contributed by atoms with E-state index in [4.69, 9.17) is 11.6 Å². The van der Waals surface area contributed by atoms with E-state index in [9.17, 15) is 14.9 Å². The van der Waals surface area contributed by atoms with E-state index in [1.54, 1.807) is 37.3 Å². The summed E-state index contributed by atoms with van der Waals surface area (Å²) in [5, 5.41) is 17.9. The monoisotopic (exact) mass is 352 g/mol. The van der Waals surface area contributed by atoms with E-state index in [0.29, 0.717) is 9.90 Å². The summed E-state index contributed by atoms with van der Waals surface area (Å²) < 4.78 is 0. The second-order valence-corrected chi connectivity index (χ2v) is 6.07. The van der Waals surface area contributed by atoms with Crippen molar-refractivity contribution in [3.05, 3.63) is 56.4 Å². The molecule has 1 amide bonds. The lowest BCUT2D eigenvalue weighted by Gasteiger charge is -2.13. The van der Waals surface area contributed by atoms with Crippen LogP contribution >= 0.6 is 22.9 Å². The smallest absolute Gasteiger partial charge is 0.324 e. The Hall–Kier alpha value is -2.45. The van der Waals surface area contributed by atoms with Crippen LogP contribution < -0.4 is 10.7 Å². The van der Waals surface area contributed by atoms with Crippen LogP contribution in [0.25, 0.3) is 0 Å². The van der Waals surface area contributed by atoms with Gasteiger partial charge in [-0.05, 0) is 31.2 Å². The van der Waals surface area contributed by atoms with Crippen LogP contribution in [0, 0.1) is 10.1 Å². The minimum absolute atomic E-state index is 0.0220.